The maximum absolute atomic E-state index is 13.8. The Labute approximate surface area is 195 Å². The first-order chi connectivity index (χ1) is 16.3. The SMILES string of the molecule is C[C@H](NC(=O)c1ccc2c(c1)c1ccccc1c(=O)n2C1CCC(F)(F)CC1)c1ccccn1. The van der Waals surface area contributed by atoms with Crippen LogP contribution in [-0.2, 0) is 0 Å². The molecule has 5 nitrogen and oxygen atoms in total. The van der Waals surface area contributed by atoms with Crippen LogP contribution in [0, 0.1) is 0 Å². The number of carbonyl (C=O) groups is 1. The highest BCUT2D eigenvalue weighted by Crippen LogP contribution is 2.39. The molecule has 2 heterocycles. The van der Waals surface area contributed by atoms with E-state index in [1.165, 1.54) is 0 Å². The van der Waals surface area contributed by atoms with E-state index >= 15 is 0 Å². The van der Waals surface area contributed by atoms with Crippen LogP contribution >= 0.6 is 0 Å². The van der Waals surface area contributed by atoms with Gasteiger partial charge in [0.1, 0.15) is 0 Å². The van der Waals surface area contributed by atoms with Crippen molar-refractivity contribution in [2.45, 2.75) is 50.6 Å². The van der Waals surface area contributed by atoms with Gasteiger partial charge in [0.05, 0.1) is 17.3 Å². The lowest BCUT2D eigenvalue weighted by Gasteiger charge is -2.30. The van der Waals surface area contributed by atoms with Crippen molar-refractivity contribution in [3.05, 3.63) is 88.5 Å². The van der Waals surface area contributed by atoms with E-state index < -0.39 is 5.92 Å². The van der Waals surface area contributed by atoms with Gasteiger partial charge in [-0.1, -0.05) is 24.3 Å². The van der Waals surface area contributed by atoms with Crippen LogP contribution < -0.4 is 10.9 Å². The Balaban J connectivity index is 1.58. The molecule has 7 heteroatoms. The van der Waals surface area contributed by atoms with Crippen LogP contribution in [0.3, 0.4) is 0 Å². The number of aromatic nitrogens is 2. The number of halogens is 2. The second-order valence-electron chi connectivity index (χ2n) is 8.99. The van der Waals surface area contributed by atoms with Crippen molar-refractivity contribution in [2.24, 2.45) is 0 Å². The molecular formula is C27H25F2N3O2. The first-order valence-electron chi connectivity index (χ1n) is 11.5. The number of hydrogen-bond donors (Lipinski definition) is 1. The van der Waals surface area contributed by atoms with Crippen LogP contribution in [0.5, 0.6) is 0 Å². The molecule has 2 aromatic carbocycles. The highest BCUT2D eigenvalue weighted by atomic mass is 19.3. The van der Waals surface area contributed by atoms with E-state index in [-0.39, 0.29) is 49.2 Å². The summed E-state index contributed by atoms with van der Waals surface area (Å²) in [7, 11) is 0. The molecule has 0 unspecified atom stereocenters. The van der Waals surface area contributed by atoms with Crippen LogP contribution in [0.15, 0.2) is 71.7 Å². The second kappa shape index (κ2) is 8.63. The summed E-state index contributed by atoms with van der Waals surface area (Å²) in [5.41, 5.74) is 1.69. The van der Waals surface area contributed by atoms with E-state index in [4.69, 9.17) is 0 Å². The molecule has 1 atom stereocenters. The normalized spacial score (nSPS) is 17.0. The van der Waals surface area contributed by atoms with Crippen molar-refractivity contribution in [3.8, 4) is 0 Å². The van der Waals surface area contributed by atoms with Crippen molar-refractivity contribution in [2.75, 3.05) is 0 Å². The van der Waals surface area contributed by atoms with Gasteiger partial charge in [-0.3, -0.25) is 14.6 Å². The molecule has 2 aromatic heterocycles. The highest BCUT2D eigenvalue weighted by molar-refractivity contribution is 6.08. The molecule has 5 rings (SSSR count). The summed E-state index contributed by atoms with van der Waals surface area (Å²) >= 11 is 0. The minimum absolute atomic E-state index is 0.181. The highest BCUT2D eigenvalue weighted by Gasteiger charge is 2.36. The molecule has 34 heavy (non-hydrogen) atoms. The number of nitrogens with one attached hydrogen (secondary N) is 1. The summed E-state index contributed by atoms with van der Waals surface area (Å²) in [5.74, 6) is -2.93. The third-order valence-corrected chi connectivity index (χ3v) is 6.72. The maximum Gasteiger partial charge on any atom is 0.259 e. The average molecular weight is 462 g/mol. The fourth-order valence-corrected chi connectivity index (χ4v) is 4.88. The van der Waals surface area contributed by atoms with Gasteiger partial charge in [-0.05, 0) is 61.5 Å². The summed E-state index contributed by atoms with van der Waals surface area (Å²) < 4.78 is 29.2. The fourth-order valence-electron chi connectivity index (χ4n) is 4.88. The lowest BCUT2D eigenvalue weighted by Crippen LogP contribution is -2.32. The number of carbonyl (C=O) groups excluding carboxylic acids is 1. The van der Waals surface area contributed by atoms with Crippen LogP contribution in [0.2, 0.25) is 0 Å². The van der Waals surface area contributed by atoms with Crippen molar-refractivity contribution in [1.29, 1.82) is 0 Å². The lowest BCUT2D eigenvalue weighted by molar-refractivity contribution is -0.0438. The Morgan fingerprint density at radius 3 is 2.44 bits per heavy atom. The lowest BCUT2D eigenvalue weighted by atomic mass is 9.91. The topological polar surface area (TPSA) is 64.0 Å². The standard InChI is InChI=1S/C27H25F2N3O2/c1-17(23-8-4-5-15-30-23)31-25(33)18-9-10-24-22(16-18)20-6-2-3-7-21(20)26(34)32(24)19-11-13-27(28,29)14-12-19/h2-10,15-17,19H,11-14H2,1H3,(H,31,33)/t17-/m0/s1. The van der Waals surface area contributed by atoms with E-state index in [0.29, 0.717) is 16.5 Å². The summed E-state index contributed by atoms with van der Waals surface area (Å²) in [6.07, 6.45) is 1.70. The quantitative estimate of drug-likeness (QED) is 0.391. The average Bonchev–Trinajstić information content (AvgIpc) is 2.85. The number of rotatable bonds is 4. The van der Waals surface area contributed by atoms with Crippen molar-refractivity contribution in [3.63, 3.8) is 0 Å². The van der Waals surface area contributed by atoms with Crippen molar-refractivity contribution in [1.82, 2.24) is 14.9 Å². The number of hydrogen-bond acceptors (Lipinski definition) is 3. The van der Waals surface area contributed by atoms with Gasteiger partial charge < -0.3 is 9.88 Å². The summed E-state index contributed by atoms with van der Waals surface area (Å²) in [4.78, 5) is 30.7. The summed E-state index contributed by atoms with van der Waals surface area (Å²) in [5, 5.41) is 4.99. The molecule has 1 fully saturated rings. The molecule has 1 saturated carbocycles. The molecule has 1 N–H and O–H groups in total. The predicted molar refractivity (Wildman–Crippen MR) is 128 cm³/mol. The van der Waals surface area contributed by atoms with E-state index in [1.807, 2.05) is 37.3 Å². The third-order valence-electron chi connectivity index (χ3n) is 6.72. The Hall–Kier alpha value is -3.61. The maximum atomic E-state index is 13.8. The molecule has 174 valence electrons. The molecule has 0 bridgehead atoms. The van der Waals surface area contributed by atoms with Gasteiger partial charge in [-0.25, -0.2) is 8.78 Å². The Morgan fingerprint density at radius 1 is 1.03 bits per heavy atom. The molecule has 0 radical (unpaired) electrons. The first-order valence-corrected chi connectivity index (χ1v) is 11.5. The van der Waals surface area contributed by atoms with Gasteiger partial charge in [0.2, 0.25) is 5.92 Å². The zero-order chi connectivity index (χ0) is 23.9. The molecule has 1 aliphatic carbocycles. The number of alkyl halides is 2. The van der Waals surface area contributed by atoms with Crippen LogP contribution in [-0.4, -0.2) is 21.4 Å². The number of fused-ring (bicyclic) bond motifs is 3. The predicted octanol–water partition coefficient (Wildman–Crippen LogP) is 5.79. The Morgan fingerprint density at radius 2 is 1.74 bits per heavy atom. The largest absolute Gasteiger partial charge is 0.344 e. The fraction of sp³-hybridized carbons (Fsp3) is 0.296. The van der Waals surface area contributed by atoms with Gasteiger partial charge in [-0.15, -0.1) is 0 Å². The Kier molecular flexibility index (Phi) is 5.63. The van der Waals surface area contributed by atoms with Gasteiger partial charge in [0, 0.05) is 41.4 Å². The number of nitrogens with zero attached hydrogens (tertiary/aromatic N) is 2. The molecule has 4 aromatic rings. The van der Waals surface area contributed by atoms with Crippen molar-refractivity contribution < 1.29 is 13.6 Å². The summed E-state index contributed by atoms with van der Waals surface area (Å²) in [6, 6.07) is 17.4. The second-order valence-corrected chi connectivity index (χ2v) is 8.99. The van der Waals surface area contributed by atoms with Crippen LogP contribution in [0.4, 0.5) is 8.78 Å². The van der Waals surface area contributed by atoms with Gasteiger partial charge in [0.15, 0.2) is 0 Å². The number of pyridine rings is 2. The van der Waals surface area contributed by atoms with Crippen LogP contribution in [0.1, 0.15) is 60.7 Å². The third kappa shape index (κ3) is 4.06. The van der Waals surface area contributed by atoms with Gasteiger partial charge >= 0.3 is 0 Å². The molecule has 0 spiro atoms. The van der Waals surface area contributed by atoms with Crippen LogP contribution in [0.25, 0.3) is 21.7 Å². The zero-order valence-electron chi connectivity index (χ0n) is 18.8. The molecule has 1 amide bonds. The number of benzene rings is 2. The van der Waals surface area contributed by atoms with E-state index in [2.05, 4.69) is 10.3 Å². The van der Waals surface area contributed by atoms with E-state index in [1.54, 1.807) is 41.1 Å². The smallest absolute Gasteiger partial charge is 0.259 e. The molecule has 1 aliphatic rings. The minimum Gasteiger partial charge on any atom is -0.344 e. The zero-order valence-corrected chi connectivity index (χ0v) is 18.8. The molecular weight excluding hydrogens is 436 g/mol. The number of amides is 1. The first kappa shape index (κ1) is 22.2. The Bertz CT molecular complexity index is 1420. The molecule has 0 saturated heterocycles. The molecule has 0 aliphatic heterocycles. The van der Waals surface area contributed by atoms with Gasteiger partial charge in [-0.2, -0.15) is 0 Å². The van der Waals surface area contributed by atoms with Gasteiger partial charge in [0.25, 0.3) is 11.5 Å². The minimum atomic E-state index is -2.68. The van der Waals surface area contributed by atoms with E-state index in [0.717, 1.165) is 16.5 Å². The van der Waals surface area contributed by atoms with E-state index in [9.17, 15) is 18.4 Å². The monoisotopic (exact) mass is 461 g/mol. The van der Waals surface area contributed by atoms with Crippen molar-refractivity contribution >= 4 is 27.6 Å². The summed E-state index contributed by atoms with van der Waals surface area (Å²) in [6.45, 7) is 1.87.